The molecule has 13 heavy (non-hydrogen) atoms. The second-order valence-corrected chi connectivity index (χ2v) is 4.34. The predicted molar refractivity (Wildman–Crippen MR) is 51.1 cm³/mol. The molecule has 1 N–H and O–H groups in total. The van der Waals surface area contributed by atoms with Gasteiger partial charge in [0.25, 0.3) is 0 Å². The molecule has 1 saturated heterocycles. The van der Waals surface area contributed by atoms with E-state index in [1.54, 1.807) is 0 Å². The molecular formula is C10H18NO2. The molecule has 1 aliphatic rings. The van der Waals surface area contributed by atoms with Gasteiger partial charge in [0, 0.05) is 0 Å². The largest absolute Gasteiger partial charge is 0.451 e. The van der Waals surface area contributed by atoms with Crippen LogP contribution in [0.5, 0.6) is 0 Å². The van der Waals surface area contributed by atoms with Crippen LogP contribution in [0.15, 0.2) is 0 Å². The molecule has 0 atom stereocenters. The van der Waals surface area contributed by atoms with Gasteiger partial charge in [0.05, 0.1) is 0 Å². The highest BCUT2D eigenvalue weighted by Crippen LogP contribution is 2.25. The minimum absolute atomic E-state index is 0.343. The molecule has 1 fully saturated rings. The van der Waals surface area contributed by atoms with Gasteiger partial charge >= 0.3 is 6.47 Å². The van der Waals surface area contributed by atoms with Crippen molar-refractivity contribution in [3.05, 3.63) is 0 Å². The first-order valence-corrected chi connectivity index (χ1v) is 4.90. The first-order valence-electron chi connectivity index (χ1n) is 4.90. The normalized spacial score (nSPS) is 19.8. The van der Waals surface area contributed by atoms with E-state index in [1.165, 1.54) is 19.3 Å². The Kier molecular flexibility index (Phi) is 3.72. The van der Waals surface area contributed by atoms with Crippen LogP contribution >= 0.6 is 0 Å². The van der Waals surface area contributed by atoms with E-state index >= 15 is 0 Å². The molecule has 0 aromatic carbocycles. The van der Waals surface area contributed by atoms with Crippen molar-refractivity contribution < 1.29 is 9.53 Å². The molecule has 75 valence electrons. The first kappa shape index (κ1) is 10.5. The average molecular weight is 184 g/mol. The minimum atomic E-state index is -0.343. The van der Waals surface area contributed by atoms with E-state index in [4.69, 9.17) is 4.74 Å². The zero-order valence-corrected chi connectivity index (χ0v) is 8.43. The predicted octanol–water partition coefficient (Wildman–Crippen LogP) is 1.24. The Morgan fingerprint density at radius 3 is 2.62 bits per heavy atom. The topological polar surface area (TPSA) is 38.3 Å². The van der Waals surface area contributed by atoms with Crippen molar-refractivity contribution in [2.24, 2.45) is 5.92 Å². The first-order chi connectivity index (χ1) is 6.14. The van der Waals surface area contributed by atoms with Crippen LogP contribution in [0.1, 0.15) is 33.1 Å². The van der Waals surface area contributed by atoms with E-state index in [1.807, 2.05) is 13.8 Å². The van der Waals surface area contributed by atoms with E-state index < -0.39 is 0 Å². The molecule has 0 amide bonds. The summed E-state index contributed by atoms with van der Waals surface area (Å²) in [6.07, 6.45) is 3.32. The monoisotopic (exact) mass is 184 g/mol. The lowest BCUT2D eigenvalue weighted by Gasteiger charge is -2.30. The quantitative estimate of drug-likeness (QED) is 0.714. The summed E-state index contributed by atoms with van der Waals surface area (Å²) in [5.74, 6) is 0.685. The van der Waals surface area contributed by atoms with Gasteiger partial charge in [-0.2, -0.15) is 0 Å². The lowest BCUT2D eigenvalue weighted by atomic mass is 9.87. The van der Waals surface area contributed by atoms with Gasteiger partial charge in [0.2, 0.25) is 0 Å². The van der Waals surface area contributed by atoms with Gasteiger partial charge in [-0.15, -0.1) is 0 Å². The van der Waals surface area contributed by atoms with Crippen molar-refractivity contribution in [1.82, 2.24) is 5.32 Å². The van der Waals surface area contributed by atoms with Crippen molar-refractivity contribution in [2.75, 3.05) is 13.1 Å². The fourth-order valence-corrected chi connectivity index (χ4v) is 1.94. The highest BCUT2D eigenvalue weighted by Gasteiger charge is 2.25. The molecule has 3 nitrogen and oxygen atoms in total. The molecule has 0 saturated carbocycles. The summed E-state index contributed by atoms with van der Waals surface area (Å²) in [6, 6.07) is 0. The van der Waals surface area contributed by atoms with Crippen molar-refractivity contribution >= 4 is 6.47 Å². The molecule has 1 radical (unpaired) electrons. The summed E-state index contributed by atoms with van der Waals surface area (Å²) in [6.45, 7) is 7.60. The van der Waals surface area contributed by atoms with E-state index in [-0.39, 0.29) is 5.60 Å². The van der Waals surface area contributed by atoms with Gasteiger partial charge in [-0.1, -0.05) is 0 Å². The zero-order chi connectivity index (χ0) is 9.73. The third-order valence-electron chi connectivity index (χ3n) is 2.56. The summed E-state index contributed by atoms with van der Waals surface area (Å²) in [5, 5.41) is 3.31. The Labute approximate surface area is 79.8 Å². The molecule has 0 aliphatic carbocycles. The summed E-state index contributed by atoms with van der Waals surface area (Å²) in [5.41, 5.74) is -0.343. The maximum Gasteiger partial charge on any atom is 0.418 e. The Balaban J connectivity index is 2.32. The fraction of sp³-hybridized carbons (Fsp3) is 0.900. The number of rotatable bonds is 4. The van der Waals surface area contributed by atoms with E-state index in [9.17, 15) is 4.79 Å². The molecular weight excluding hydrogens is 166 g/mol. The van der Waals surface area contributed by atoms with Gasteiger partial charge in [-0.25, -0.2) is 4.79 Å². The summed E-state index contributed by atoms with van der Waals surface area (Å²) in [4.78, 5) is 10.1. The van der Waals surface area contributed by atoms with Crippen LogP contribution in [0.25, 0.3) is 0 Å². The molecule has 0 aromatic rings. The molecule has 0 unspecified atom stereocenters. The van der Waals surface area contributed by atoms with Gasteiger partial charge in [-0.3, -0.25) is 0 Å². The van der Waals surface area contributed by atoms with Crippen molar-refractivity contribution in [3.63, 3.8) is 0 Å². The van der Waals surface area contributed by atoms with Crippen molar-refractivity contribution in [2.45, 2.75) is 38.7 Å². The number of ether oxygens (including phenoxy) is 1. The standard InChI is InChI=1S/C10H18NO2/c1-10(2,13-8-12)7-9-3-5-11-6-4-9/h9,11H,3-7H2,1-2H3. The minimum Gasteiger partial charge on any atom is -0.451 e. The van der Waals surface area contributed by atoms with E-state index in [2.05, 4.69) is 5.32 Å². The Hall–Kier alpha value is -0.570. The molecule has 0 bridgehead atoms. The number of nitrogens with one attached hydrogen (secondary N) is 1. The molecule has 1 heterocycles. The second-order valence-electron chi connectivity index (χ2n) is 4.34. The Morgan fingerprint density at radius 1 is 1.46 bits per heavy atom. The van der Waals surface area contributed by atoms with Gasteiger partial charge in [0.1, 0.15) is 5.60 Å². The van der Waals surface area contributed by atoms with Gasteiger partial charge in [-0.05, 0) is 52.1 Å². The summed E-state index contributed by atoms with van der Waals surface area (Å²) in [7, 11) is 0. The van der Waals surface area contributed by atoms with Crippen LogP contribution in [0.2, 0.25) is 0 Å². The van der Waals surface area contributed by atoms with Gasteiger partial charge in [0.15, 0.2) is 0 Å². The SMILES string of the molecule is CC(C)(CC1CCNCC1)O[C]=O. The van der Waals surface area contributed by atoms with E-state index in [0.29, 0.717) is 5.92 Å². The van der Waals surface area contributed by atoms with Crippen LogP contribution in [0.4, 0.5) is 0 Å². The van der Waals surface area contributed by atoms with E-state index in [0.717, 1.165) is 19.5 Å². The zero-order valence-electron chi connectivity index (χ0n) is 8.43. The highest BCUT2D eigenvalue weighted by atomic mass is 16.5. The third kappa shape index (κ3) is 3.77. The van der Waals surface area contributed by atoms with Crippen LogP contribution in [-0.2, 0) is 9.53 Å². The van der Waals surface area contributed by atoms with Crippen LogP contribution in [0, 0.1) is 5.92 Å². The maximum atomic E-state index is 10.1. The second kappa shape index (κ2) is 4.61. The smallest absolute Gasteiger partial charge is 0.418 e. The maximum absolute atomic E-state index is 10.1. The number of hydrogen-bond acceptors (Lipinski definition) is 3. The third-order valence-corrected chi connectivity index (χ3v) is 2.56. The Morgan fingerprint density at radius 2 is 2.08 bits per heavy atom. The molecule has 1 aliphatic heterocycles. The molecule has 0 aromatic heterocycles. The number of piperidine rings is 1. The van der Waals surface area contributed by atoms with Crippen molar-refractivity contribution in [1.29, 1.82) is 0 Å². The average Bonchev–Trinajstić information content (AvgIpc) is 2.04. The van der Waals surface area contributed by atoms with Crippen LogP contribution in [-0.4, -0.2) is 25.2 Å². The van der Waals surface area contributed by atoms with Crippen molar-refractivity contribution in [3.8, 4) is 0 Å². The highest BCUT2D eigenvalue weighted by molar-refractivity contribution is 5.39. The lowest BCUT2D eigenvalue weighted by molar-refractivity contribution is 0.0565. The number of hydrogen-bond donors (Lipinski definition) is 1. The molecule has 3 heteroatoms. The fourth-order valence-electron chi connectivity index (χ4n) is 1.94. The molecule has 0 spiro atoms. The number of carbonyl (C=O) groups excluding carboxylic acids is 1. The lowest BCUT2D eigenvalue weighted by Crippen LogP contribution is -2.33. The van der Waals surface area contributed by atoms with Gasteiger partial charge < -0.3 is 10.1 Å². The molecule has 1 rings (SSSR count). The summed E-state index contributed by atoms with van der Waals surface area (Å²) < 4.78 is 4.91. The van der Waals surface area contributed by atoms with Crippen LogP contribution < -0.4 is 5.32 Å². The summed E-state index contributed by atoms with van der Waals surface area (Å²) >= 11 is 0. The Bertz CT molecular complexity index is 162. The van der Waals surface area contributed by atoms with Crippen LogP contribution in [0.3, 0.4) is 0 Å².